The van der Waals surface area contributed by atoms with Crippen molar-refractivity contribution in [1.29, 1.82) is 0 Å². The minimum absolute atomic E-state index is 0.155. The lowest BCUT2D eigenvalue weighted by Gasteiger charge is -2.22. The lowest BCUT2D eigenvalue weighted by atomic mass is 10.0. The molecule has 0 saturated carbocycles. The predicted molar refractivity (Wildman–Crippen MR) is 115 cm³/mol. The van der Waals surface area contributed by atoms with Crippen LogP contribution in [0.25, 0.3) is 0 Å². The topological polar surface area (TPSA) is 84.5 Å². The Hall–Kier alpha value is -2.49. The molecule has 8 heteroatoms. The summed E-state index contributed by atoms with van der Waals surface area (Å²) in [7, 11) is 1.25. The number of rotatable bonds is 8. The van der Waals surface area contributed by atoms with E-state index in [0.29, 0.717) is 5.56 Å². The van der Waals surface area contributed by atoms with Crippen LogP contribution in [-0.4, -0.2) is 37.0 Å². The van der Waals surface area contributed by atoms with E-state index >= 15 is 0 Å². The van der Waals surface area contributed by atoms with Gasteiger partial charge in [-0.1, -0.05) is 30.3 Å². The fraction of sp³-hybridized carbons (Fsp3) is 0.286. The van der Waals surface area contributed by atoms with Gasteiger partial charge in [-0.25, -0.2) is 9.18 Å². The highest BCUT2D eigenvalue weighted by Crippen LogP contribution is 2.14. The van der Waals surface area contributed by atoms with Crippen LogP contribution in [-0.2, 0) is 32.0 Å². The maximum Gasteiger partial charge on any atom is 0.328 e. The molecule has 154 valence electrons. The van der Waals surface area contributed by atoms with Crippen LogP contribution in [0.4, 0.5) is 4.39 Å². The van der Waals surface area contributed by atoms with Crippen molar-refractivity contribution in [3.8, 4) is 0 Å². The van der Waals surface area contributed by atoms with Gasteiger partial charge in [-0.15, -0.1) is 0 Å². The van der Waals surface area contributed by atoms with Crippen molar-refractivity contribution < 1.29 is 23.5 Å². The third-order valence-corrected chi connectivity index (χ3v) is 5.28. The number of carbonyl (C=O) groups excluding carboxylic acids is 3. The standard InChI is InChI=1S/C21H22FIN2O4/c1-13(26)24-18(11-14-7-9-16(22)10-8-14)20(27)25-19(21(28)29-2)12-15-5-3-4-6-17(15)23/h3-10,18-19H,11-12H2,1-2H3,(H,24,26)(H,25,27)/t18-,19-/m1/s1. The molecule has 0 radical (unpaired) electrons. The first kappa shape index (κ1) is 22.8. The summed E-state index contributed by atoms with van der Waals surface area (Å²) in [5, 5.41) is 5.26. The van der Waals surface area contributed by atoms with E-state index in [4.69, 9.17) is 4.74 Å². The van der Waals surface area contributed by atoms with E-state index in [1.165, 1.54) is 26.2 Å². The first-order chi connectivity index (χ1) is 13.8. The largest absolute Gasteiger partial charge is 0.467 e. The SMILES string of the molecule is COC(=O)[C@@H](Cc1ccccc1I)NC(=O)[C@@H](Cc1ccc(F)cc1)NC(C)=O. The van der Waals surface area contributed by atoms with E-state index in [9.17, 15) is 18.8 Å². The number of halogens is 2. The van der Waals surface area contributed by atoms with E-state index in [2.05, 4.69) is 33.2 Å². The molecule has 2 aromatic carbocycles. The second-order valence-electron chi connectivity index (χ2n) is 6.46. The summed E-state index contributed by atoms with van der Waals surface area (Å²) in [6.45, 7) is 1.30. The monoisotopic (exact) mass is 512 g/mol. The van der Waals surface area contributed by atoms with Gasteiger partial charge in [0.15, 0.2) is 0 Å². The molecule has 0 fully saturated rings. The van der Waals surface area contributed by atoms with Gasteiger partial charge in [0.25, 0.3) is 0 Å². The number of ether oxygens (including phenoxy) is 1. The van der Waals surface area contributed by atoms with Crippen molar-refractivity contribution in [3.63, 3.8) is 0 Å². The van der Waals surface area contributed by atoms with Gasteiger partial charge in [0.05, 0.1) is 7.11 Å². The molecule has 0 heterocycles. The zero-order valence-corrected chi connectivity index (χ0v) is 18.2. The van der Waals surface area contributed by atoms with Crippen LogP contribution >= 0.6 is 22.6 Å². The third-order valence-electron chi connectivity index (χ3n) is 4.23. The number of nitrogens with one attached hydrogen (secondary N) is 2. The van der Waals surface area contributed by atoms with E-state index < -0.39 is 29.8 Å². The first-order valence-electron chi connectivity index (χ1n) is 8.93. The summed E-state index contributed by atoms with van der Waals surface area (Å²) in [5.41, 5.74) is 1.56. The highest BCUT2D eigenvalue weighted by atomic mass is 127. The Morgan fingerprint density at radius 1 is 1.00 bits per heavy atom. The molecule has 0 spiro atoms. The van der Waals surface area contributed by atoms with Crippen molar-refractivity contribution in [2.24, 2.45) is 0 Å². The van der Waals surface area contributed by atoms with Gasteiger partial charge in [0, 0.05) is 23.3 Å². The molecular weight excluding hydrogens is 490 g/mol. The maximum absolute atomic E-state index is 13.1. The van der Waals surface area contributed by atoms with Gasteiger partial charge < -0.3 is 15.4 Å². The molecule has 0 aliphatic rings. The summed E-state index contributed by atoms with van der Waals surface area (Å²) >= 11 is 2.16. The maximum atomic E-state index is 13.1. The molecule has 0 aliphatic heterocycles. The Bertz CT molecular complexity index is 873. The number of methoxy groups -OCH3 is 1. The minimum atomic E-state index is -0.917. The third kappa shape index (κ3) is 7.12. The van der Waals surface area contributed by atoms with E-state index in [-0.39, 0.29) is 18.7 Å². The number of benzene rings is 2. The van der Waals surface area contributed by atoms with Gasteiger partial charge in [-0.3, -0.25) is 9.59 Å². The Morgan fingerprint density at radius 2 is 1.66 bits per heavy atom. The smallest absolute Gasteiger partial charge is 0.328 e. The van der Waals surface area contributed by atoms with Crippen LogP contribution in [0.1, 0.15) is 18.1 Å². The fourth-order valence-corrected chi connectivity index (χ4v) is 3.41. The summed E-state index contributed by atoms with van der Waals surface area (Å²) < 4.78 is 18.9. The van der Waals surface area contributed by atoms with Crippen LogP contribution in [0.15, 0.2) is 48.5 Å². The molecule has 6 nitrogen and oxygen atoms in total. The quantitative estimate of drug-likeness (QED) is 0.421. The lowest BCUT2D eigenvalue weighted by Crippen LogP contribution is -2.53. The lowest BCUT2D eigenvalue weighted by molar-refractivity contribution is -0.145. The Morgan fingerprint density at radius 3 is 2.24 bits per heavy atom. The van der Waals surface area contributed by atoms with Crippen LogP contribution in [0.5, 0.6) is 0 Å². The first-order valence-corrected chi connectivity index (χ1v) is 10.0. The van der Waals surface area contributed by atoms with Gasteiger partial charge in [-0.2, -0.15) is 0 Å². The van der Waals surface area contributed by atoms with Crippen molar-refractivity contribution in [3.05, 3.63) is 69.0 Å². The van der Waals surface area contributed by atoms with Crippen molar-refractivity contribution in [1.82, 2.24) is 10.6 Å². The second kappa shape index (κ2) is 10.9. The summed E-state index contributed by atoms with van der Waals surface area (Å²) in [6.07, 6.45) is 0.406. The van der Waals surface area contributed by atoms with Gasteiger partial charge in [0.2, 0.25) is 11.8 Å². The predicted octanol–water partition coefficient (Wildman–Crippen LogP) is 2.38. The fourth-order valence-electron chi connectivity index (χ4n) is 2.80. The van der Waals surface area contributed by atoms with Gasteiger partial charge >= 0.3 is 5.97 Å². The molecule has 0 aromatic heterocycles. The van der Waals surface area contributed by atoms with Crippen LogP contribution in [0, 0.1) is 9.39 Å². The number of amides is 2. The highest BCUT2D eigenvalue weighted by Gasteiger charge is 2.27. The van der Waals surface area contributed by atoms with Crippen molar-refractivity contribution in [2.45, 2.75) is 31.8 Å². The molecule has 0 aliphatic carbocycles. The summed E-state index contributed by atoms with van der Waals surface area (Å²) in [4.78, 5) is 36.7. The second-order valence-corrected chi connectivity index (χ2v) is 7.63. The Balaban J connectivity index is 2.17. The van der Waals surface area contributed by atoms with E-state index in [0.717, 1.165) is 9.13 Å². The van der Waals surface area contributed by atoms with Gasteiger partial charge in [0.1, 0.15) is 17.9 Å². The van der Waals surface area contributed by atoms with Crippen LogP contribution in [0.2, 0.25) is 0 Å². The molecular formula is C21H22FIN2O4. The molecule has 0 unspecified atom stereocenters. The Labute approximate surface area is 182 Å². The van der Waals surface area contributed by atoms with Crippen molar-refractivity contribution >= 4 is 40.4 Å². The van der Waals surface area contributed by atoms with Gasteiger partial charge in [-0.05, 0) is 51.9 Å². The van der Waals surface area contributed by atoms with Crippen LogP contribution < -0.4 is 10.6 Å². The normalized spacial score (nSPS) is 12.6. The van der Waals surface area contributed by atoms with E-state index in [1.807, 2.05) is 24.3 Å². The number of esters is 1. The average molecular weight is 512 g/mol. The molecule has 2 atom stereocenters. The summed E-state index contributed by atoms with van der Waals surface area (Å²) in [5.74, 6) is -1.88. The molecule has 2 aromatic rings. The molecule has 0 saturated heterocycles. The molecule has 0 bridgehead atoms. The summed E-state index contributed by atoms with van der Waals surface area (Å²) in [6, 6.07) is 11.3. The Kier molecular flexibility index (Phi) is 8.56. The number of hydrogen-bond donors (Lipinski definition) is 2. The molecule has 29 heavy (non-hydrogen) atoms. The average Bonchev–Trinajstić information content (AvgIpc) is 2.69. The van der Waals surface area contributed by atoms with E-state index in [1.54, 1.807) is 12.1 Å². The highest BCUT2D eigenvalue weighted by molar-refractivity contribution is 14.1. The minimum Gasteiger partial charge on any atom is -0.467 e. The van der Waals surface area contributed by atoms with Crippen LogP contribution in [0.3, 0.4) is 0 Å². The zero-order valence-electron chi connectivity index (χ0n) is 16.1. The number of hydrogen-bond acceptors (Lipinski definition) is 4. The number of carbonyl (C=O) groups is 3. The molecule has 2 rings (SSSR count). The zero-order chi connectivity index (χ0) is 21.4. The molecule has 2 amide bonds. The molecule has 2 N–H and O–H groups in total. The van der Waals surface area contributed by atoms with Crippen molar-refractivity contribution in [2.75, 3.05) is 7.11 Å².